The number of hydrogen-bond acceptors (Lipinski definition) is 5. The van der Waals surface area contributed by atoms with Crippen molar-refractivity contribution in [3.8, 4) is 5.75 Å². The minimum absolute atomic E-state index is 0.0663. The highest BCUT2D eigenvalue weighted by molar-refractivity contribution is 7.89. The Hall–Kier alpha value is -1.64. The van der Waals surface area contributed by atoms with E-state index in [0.717, 1.165) is 0 Å². The van der Waals surface area contributed by atoms with E-state index in [4.69, 9.17) is 14.6 Å². The van der Waals surface area contributed by atoms with Crippen LogP contribution in [0.3, 0.4) is 0 Å². The van der Waals surface area contributed by atoms with Gasteiger partial charge in [-0.3, -0.25) is 0 Å². The Morgan fingerprint density at radius 3 is 2.33 bits per heavy atom. The van der Waals surface area contributed by atoms with Crippen molar-refractivity contribution < 1.29 is 27.8 Å². The van der Waals surface area contributed by atoms with Gasteiger partial charge in [0.1, 0.15) is 12.4 Å². The molecule has 1 heterocycles. The third-order valence-corrected chi connectivity index (χ3v) is 7.49. The molecule has 8 heteroatoms. The molecule has 2 rings (SSSR count). The lowest BCUT2D eigenvalue weighted by molar-refractivity contribution is -0.142. The van der Waals surface area contributed by atoms with Crippen LogP contribution in [0.1, 0.15) is 31.4 Å². The summed E-state index contributed by atoms with van der Waals surface area (Å²) in [5, 5.41) is 8.79. The molecule has 0 radical (unpaired) electrons. The van der Waals surface area contributed by atoms with E-state index in [1.165, 1.54) is 4.31 Å². The number of benzene rings is 1. The monoisotopic (exact) mass is 399 g/mol. The zero-order chi connectivity index (χ0) is 20.4. The van der Waals surface area contributed by atoms with Crippen molar-refractivity contribution >= 4 is 16.0 Å². The predicted octanol–water partition coefficient (Wildman–Crippen LogP) is 2.45. The molecule has 27 heavy (non-hydrogen) atoms. The third-order valence-electron chi connectivity index (χ3n) is 5.26. The summed E-state index contributed by atoms with van der Waals surface area (Å²) in [7, 11) is -2.21. The van der Waals surface area contributed by atoms with Crippen molar-refractivity contribution in [2.45, 2.75) is 45.1 Å². The van der Waals surface area contributed by atoms with Crippen LogP contribution in [0.4, 0.5) is 0 Å². The number of carboxylic acids is 1. The first kappa shape index (κ1) is 21.7. The lowest BCUT2D eigenvalue weighted by Crippen LogP contribution is -2.51. The fourth-order valence-electron chi connectivity index (χ4n) is 3.67. The number of hydrogen-bond donors (Lipinski definition) is 1. The number of nitrogens with zero attached hydrogens (tertiary/aromatic N) is 1. The fourth-order valence-corrected chi connectivity index (χ4v) is 5.81. The Bertz CT molecular complexity index is 768. The molecule has 3 atom stereocenters. The first-order chi connectivity index (χ1) is 12.6. The maximum absolute atomic E-state index is 13.5. The molecule has 0 saturated carbocycles. The fraction of sp³-hybridized carbons (Fsp3) is 0.632. The van der Waals surface area contributed by atoms with Crippen LogP contribution in [-0.2, 0) is 19.6 Å². The molecule has 1 aliphatic heterocycles. The van der Waals surface area contributed by atoms with Gasteiger partial charge in [-0.15, -0.1) is 0 Å². The van der Waals surface area contributed by atoms with Crippen LogP contribution in [0.2, 0.25) is 0 Å². The van der Waals surface area contributed by atoms with Crippen LogP contribution >= 0.6 is 0 Å². The van der Waals surface area contributed by atoms with Gasteiger partial charge in [-0.1, -0.05) is 13.8 Å². The van der Waals surface area contributed by atoms with E-state index < -0.39 is 22.6 Å². The second-order valence-corrected chi connectivity index (χ2v) is 9.25. The van der Waals surface area contributed by atoms with Crippen LogP contribution < -0.4 is 4.74 Å². The Morgan fingerprint density at radius 2 is 1.81 bits per heavy atom. The molecule has 0 aromatic heterocycles. The molecular weight excluding hydrogens is 370 g/mol. The molecule has 2 unspecified atom stereocenters. The quantitative estimate of drug-likeness (QED) is 0.757. The SMILES string of the molecule is COc1cc(C)c(S(=O)(=O)N2CC(C)C(C)C[C@H]2COCC(=O)O)c(C)c1. The van der Waals surface area contributed by atoms with Gasteiger partial charge in [-0.2, -0.15) is 4.31 Å². The van der Waals surface area contributed by atoms with Crippen LogP contribution in [0.25, 0.3) is 0 Å². The Kier molecular flexibility index (Phi) is 6.88. The lowest BCUT2D eigenvalue weighted by Gasteiger charge is -2.41. The van der Waals surface area contributed by atoms with E-state index in [9.17, 15) is 13.2 Å². The van der Waals surface area contributed by atoms with Gasteiger partial charge in [0.15, 0.2) is 0 Å². The standard InChI is InChI=1S/C19H29NO6S/c1-12-6-16(10-26-11-18(21)22)20(9-15(12)4)27(23,24)19-13(2)7-17(25-5)8-14(19)3/h7-8,12,15-16H,6,9-11H2,1-5H3,(H,21,22)/t12?,15?,16-/m0/s1. The van der Waals surface area contributed by atoms with Gasteiger partial charge in [0.2, 0.25) is 10.0 Å². The van der Waals surface area contributed by atoms with Crippen molar-refractivity contribution in [1.82, 2.24) is 4.31 Å². The highest BCUT2D eigenvalue weighted by atomic mass is 32.2. The highest BCUT2D eigenvalue weighted by Crippen LogP contribution is 2.35. The average Bonchev–Trinajstić information content (AvgIpc) is 2.56. The van der Waals surface area contributed by atoms with Gasteiger partial charge in [-0.25, -0.2) is 13.2 Å². The van der Waals surface area contributed by atoms with Crippen LogP contribution in [0.5, 0.6) is 5.75 Å². The van der Waals surface area contributed by atoms with Crippen LogP contribution in [0, 0.1) is 25.7 Å². The summed E-state index contributed by atoms with van der Waals surface area (Å²) < 4.78 is 39.0. The topological polar surface area (TPSA) is 93.1 Å². The van der Waals surface area contributed by atoms with E-state index in [1.807, 2.05) is 6.92 Å². The number of aryl methyl sites for hydroxylation is 2. The number of carbonyl (C=O) groups is 1. The number of ether oxygens (including phenoxy) is 2. The van der Waals surface area contributed by atoms with Crippen molar-refractivity contribution in [2.75, 3.05) is 26.9 Å². The summed E-state index contributed by atoms with van der Waals surface area (Å²) in [4.78, 5) is 11.0. The largest absolute Gasteiger partial charge is 0.497 e. The first-order valence-electron chi connectivity index (χ1n) is 9.04. The molecule has 0 bridgehead atoms. The van der Waals surface area contributed by atoms with Crippen molar-refractivity contribution in [3.63, 3.8) is 0 Å². The number of rotatable bonds is 7. The lowest BCUT2D eigenvalue weighted by atomic mass is 9.86. The highest BCUT2D eigenvalue weighted by Gasteiger charge is 2.40. The molecule has 0 amide bonds. The molecule has 7 nitrogen and oxygen atoms in total. The summed E-state index contributed by atoms with van der Waals surface area (Å²) in [6, 6.07) is 3.04. The molecular formula is C19H29NO6S. The summed E-state index contributed by atoms with van der Waals surface area (Å²) in [5.74, 6) is 0.0803. The van der Waals surface area contributed by atoms with Gasteiger partial charge >= 0.3 is 5.97 Å². The summed E-state index contributed by atoms with van der Waals surface area (Å²) >= 11 is 0. The van der Waals surface area contributed by atoms with Crippen molar-refractivity contribution in [1.29, 1.82) is 0 Å². The number of sulfonamides is 1. The Balaban J connectivity index is 2.39. The van der Waals surface area contributed by atoms with Gasteiger partial charge in [0, 0.05) is 12.6 Å². The molecule has 0 spiro atoms. The van der Waals surface area contributed by atoms with Gasteiger partial charge in [0.25, 0.3) is 0 Å². The second kappa shape index (κ2) is 8.58. The predicted molar refractivity (Wildman–Crippen MR) is 102 cm³/mol. The van der Waals surface area contributed by atoms with Gasteiger partial charge in [0.05, 0.1) is 18.6 Å². The molecule has 1 aromatic rings. The summed E-state index contributed by atoms with van der Waals surface area (Å²) in [5.41, 5.74) is 1.26. The third kappa shape index (κ3) is 4.80. The second-order valence-electron chi connectivity index (χ2n) is 7.42. The van der Waals surface area contributed by atoms with Crippen molar-refractivity contribution in [2.24, 2.45) is 11.8 Å². The molecule has 1 aliphatic rings. The first-order valence-corrected chi connectivity index (χ1v) is 10.5. The van der Waals surface area contributed by atoms with Crippen LogP contribution in [0.15, 0.2) is 17.0 Å². The number of piperidine rings is 1. The summed E-state index contributed by atoms with van der Waals surface area (Å²) in [6.45, 7) is 7.65. The molecule has 0 aliphatic carbocycles. The van der Waals surface area contributed by atoms with E-state index in [-0.39, 0.29) is 23.5 Å². The maximum atomic E-state index is 13.5. The molecule has 1 N–H and O–H groups in total. The molecule has 152 valence electrons. The minimum Gasteiger partial charge on any atom is -0.497 e. The van der Waals surface area contributed by atoms with E-state index in [2.05, 4.69) is 6.92 Å². The van der Waals surface area contributed by atoms with E-state index >= 15 is 0 Å². The smallest absolute Gasteiger partial charge is 0.329 e. The van der Waals surface area contributed by atoms with Crippen molar-refractivity contribution in [3.05, 3.63) is 23.3 Å². The van der Waals surface area contributed by atoms with Crippen LogP contribution in [-0.4, -0.2) is 56.7 Å². The minimum atomic E-state index is -3.75. The van der Waals surface area contributed by atoms with E-state index in [0.29, 0.717) is 35.8 Å². The van der Waals surface area contributed by atoms with E-state index in [1.54, 1.807) is 33.1 Å². The normalized spacial score (nSPS) is 24.0. The average molecular weight is 400 g/mol. The van der Waals surface area contributed by atoms with Gasteiger partial charge < -0.3 is 14.6 Å². The zero-order valence-corrected chi connectivity index (χ0v) is 17.4. The molecule has 1 fully saturated rings. The molecule has 1 aromatic carbocycles. The maximum Gasteiger partial charge on any atom is 0.329 e. The summed E-state index contributed by atoms with van der Waals surface area (Å²) in [6.07, 6.45) is 0.633. The number of carboxylic acid groups (broad SMARTS) is 1. The number of aliphatic carboxylic acids is 1. The number of methoxy groups -OCH3 is 1. The Morgan fingerprint density at radius 1 is 1.22 bits per heavy atom. The Labute approximate surface area is 161 Å². The molecule has 1 saturated heterocycles. The van der Waals surface area contributed by atoms with Gasteiger partial charge in [-0.05, 0) is 55.4 Å². The zero-order valence-electron chi connectivity index (χ0n) is 16.6.